The van der Waals surface area contributed by atoms with E-state index in [1.807, 2.05) is 6.07 Å². The maximum absolute atomic E-state index is 12.3. The van der Waals surface area contributed by atoms with E-state index in [2.05, 4.69) is 10.4 Å². The number of benzene rings is 2. The summed E-state index contributed by atoms with van der Waals surface area (Å²) in [6.07, 6.45) is 2.04. The number of hydrogen-bond donors (Lipinski definition) is 1. The smallest absolute Gasteiger partial charge is 0.292 e. The van der Waals surface area contributed by atoms with E-state index in [0.717, 1.165) is 19.4 Å². The van der Waals surface area contributed by atoms with Gasteiger partial charge in [0.1, 0.15) is 5.69 Å². The molecular formula is C20H20N4O4. The van der Waals surface area contributed by atoms with E-state index >= 15 is 0 Å². The summed E-state index contributed by atoms with van der Waals surface area (Å²) in [6.45, 7) is 1.26. The van der Waals surface area contributed by atoms with Gasteiger partial charge in [-0.25, -0.2) is 4.68 Å². The Bertz CT molecular complexity index is 1100. The Balaban J connectivity index is 1.76. The normalized spacial score (nSPS) is 16.4. The summed E-state index contributed by atoms with van der Waals surface area (Å²) >= 11 is 0. The molecule has 28 heavy (non-hydrogen) atoms. The third-order valence-electron chi connectivity index (χ3n) is 4.97. The minimum absolute atomic E-state index is 0.0322. The van der Waals surface area contributed by atoms with E-state index in [4.69, 9.17) is 4.74 Å². The van der Waals surface area contributed by atoms with E-state index < -0.39 is 4.92 Å². The second-order valence-electron chi connectivity index (χ2n) is 6.83. The van der Waals surface area contributed by atoms with Crippen LogP contribution < -0.4 is 10.9 Å². The molecule has 1 atom stereocenters. The first kappa shape index (κ1) is 18.1. The summed E-state index contributed by atoms with van der Waals surface area (Å²) in [5.74, 6) is 0. The lowest BCUT2D eigenvalue weighted by Crippen LogP contribution is -2.20. The van der Waals surface area contributed by atoms with Crippen LogP contribution in [0.5, 0.6) is 0 Å². The number of hydrogen-bond acceptors (Lipinski definition) is 6. The molecule has 4 rings (SSSR count). The minimum atomic E-state index is -0.411. The lowest BCUT2D eigenvalue weighted by Gasteiger charge is -2.13. The van der Waals surface area contributed by atoms with Crippen LogP contribution in [0.2, 0.25) is 0 Å². The molecule has 2 aromatic carbocycles. The molecule has 1 fully saturated rings. The van der Waals surface area contributed by atoms with Crippen LogP contribution in [0.1, 0.15) is 12.8 Å². The predicted molar refractivity (Wildman–Crippen MR) is 107 cm³/mol. The molecule has 0 saturated carbocycles. The third-order valence-corrected chi connectivity index (χ3v) is 4.97. The average molecular weight is 380 g/mol. The van der Waals surface area contributed by atoms with Crippen LogP contribution in [-0.2, 0) is 11.8 Å². The van der Waals surface area contributed by atoms with E-state index in [-0.39, 0.29) is 17.4 Å². The van der Waals surface area contributed by atoms with Crippen molar-refractivity contribution in [1.29, 1.82) is 0 Å². The Morgan fingerprint density at radius 1 is 1.29 bits per heavy atom. The summed E-state index contributed by atoms with van der Waals surface area (Å²) < 4.78 is 6.82. The molecule has 0 bridgehead atoms. The number of nitrogens with zero attached hydrogens (tertiary/aromatic N) is 3. The molecule has 3 aromatic rings. The fourth-order valence-electron chi connectivity index (χ4n) is 3.52. The van der Waals surface area contributed by atoms with Gasteiger partial charge in [-0.2, -0.15) is 5.10 Å². The molecule has 0 radical (unpaired) electrons. The van der Waals surface area contributed by atoms with Gasteiger partial charge in [-0.05, 0) is 25.0 Å². The molecule has 1 aliphatic rings. The first-order chi connectivity index (χ1) is 13.5. The Morgan fingerprint density at radius 3 is 2.79 bits per heavy atom. The highest BCUT2D eigenvalue weighted by Gasteiger charge is 2.20. The number of fused-ring (bicyclic) bond motifs is 1. The minimum Gasteiger partial charge on any atom is -0.377 e. The van der Waals surface area contributed by atoms with E-state index in [0.29, 0.717) is 34.3 Å². The summed E-state index contributed by atoms with van der Waals surface area (Å²) in [7, 11) is 1.57. The molecular weight excluding hydrogens is 360 g/mol. The first-order valence-electron chi connectivity index (χ1n) is 9.15. The van der Waals surface area contributed by atoms with Crippen LogP contribution in [-0.4, -0.2) is 34.0 Å². The van der Waals surface area contributed by atoms with Gasteiger partial charge < -0.3 is 10.1 Å². The number of nitro benzene ring substituents is 1. The van der Waals surface area contributed by atoms with Gasteiger partial charge in [-0.3, -0.25) is 14.9 Å². The van der Waals surface area contributed by atoms with Crippen LogP contribution in [0.4, 0.5) is 11.4 Å². The predicted octanol–water partition coefficient (Wildman–Crippen LogP) is 3.10. The van der Waals surface area contributed by atoms with Crippen molar-refractivity contribution in [3.8, 4) is 11.3 Å². The monoisotopic (exact) mass is 380 g/mol. The van der Waals surface area contributed by atoms with E-state index in [1.54, 1.807) is 37.4 Å². The molecule has 1 saturated heterocycles. The second-order valence-corrected chi connectivity index (χ2v) is 6.83. The molecule has 1 unspecified atom stereocenters. The van der Waals surface area contributed by atoms with Crippen LogP contribution in [0.3, 0.4) is 0 Å². The molecule has 2 heterocycles. The molecule has 8 heteroatoms. The highest BCUT2D eigenvalue weighted by atomic mass is 16.6. The Kier molecular flexibility index (Phi) is 4.79. The first-order valence-corrected chi connectivity index (χ1v) is 9.15. The van der Waals surface area contributed by atoms with Crippen molar-refractivity contribution in [1.82, 2.24) is 9.78 Å². The van der Waals surface area contributed by atoms with E-state index in [9.17, 15) is 14.9 Å². The summed E-state index contributed by atoms with van der Waals surface area (Å²) in [5.41, 5.74) is 1.32. The van der Waals surface area contributed by atoms with Gasteiger partial charge in [0.25, 0.3) is 11.2 Å². The molecule has 1 N–H and O–H groups in total. The van der Waals surface area contributed by atoms with Gasteiger partial charge in [0, 0.05) is 37.2 Å². The fourth-order valence-corrected chi connectivity index (χ4v) is 3.52. The number of nitrogens with one attached hydrogen (secondary N) is 1. The standard InChI is InChI=1S/C20H20N4O4/c1-23-20(25)16-7-3-2-6-15(16)19(22-23)13-8-9-17(18(11-13)24(26)27)21-12-14-5-4-10-28-14/h2-3,6-9,11,14,21H,4-5,10,12H2,1H3. The topological polar surface area (TPSA) is 99.3 Å². The zero-order valence-corrected chi connectivity index (χ0v) is 15.4. The molecule has 0 spiro atoms. The Hall–Kier alpha value is -3.26. The third kappa shape index (κ3) is 3.34. The van der Waals surface area contributed by atoms with Crippen molar-refractivity contribution >= 4 is 22.1 Å². The number of anilines is 1. The van der Waals surface area contributed by atoms with Crippen molar-refractivity contribution in [3.05, 3.63) is 62.9 Å². The lowest BCUT2D eigenvalue weighted by atomic mass is 10.0. The van der Waals surface area contributed by atoms with Crippen molar-refractivity contribution in [3.63, 3.8) is 0 Å². The van der Waals surface area contributed by atoms with Crippen molar-refractivity contribution in [2.75, 3.05) is 18.5 Å². The zero-order chi connectivity index (χ0) is 19.7. The fraction of sp³-hybridized carbons (Fsp3) is 0.300. The van der Waals surface area contributed by atoms with Crippen LogP contribution in [0.25, 0.3) is 22.0 Å². The second kappa shape index (κ2) is 7.40. The highest BCUT2D eigenvalue weighted by molar-refractivity contribution is 5.94. The van der Waals surface area contributed by atoms with Crippen LogP contribution >= 0.6 is 0 Å². The maximum atomic E-state index is 12.3. The van der Waals surface area contributed by atoms with Gasteiger partial charge >= 0.3 is 0 Å². The van der Waals surface area contributed by atoms with Crippen LogP contribution in [0, 0.1) is 10.1 Å². The number of aryl methyl sites for hydroxylation is 1. The Morgan fingerprint density at radius 2 is 2.07 bits per heavy atom. The maximum Gasteiger partial charge on any atom is 0.292 e. The van der Waals surface area contributed by atoms with Gasteiger partial charge in [0.05, 0.1) is 22.1 Å². The highest BCUT2D eigenvalue weighted by Crippen LogP contribution is 2.32. The molecule has 144 valence electrons. The van der Waals surface area contributed by atoms with Gasteiger partial charge in [-0.1, -0.05) is 24.3 Å². The largest absolute Gasteiger partial charge is 0.377 e. The molecule has 0 amide bonds. The van der Waals surface area contributed by atoms with Crippen molar-refractivity contribution in [2.45, 2.75) is 18.9 Å². The quantitative estimate of drug-likeness (QED) is 0.539. The molecule has 1 aliphatic heterocycles. The van der Waals surface area contributed by atoms with Gasteiger partial charge in [0.2, 0.25) is 0 Å². The molecule has 8 nitrogen and oxygen atoms in total. The summed E-state index contributed by atoms with van der Waals surface area (Å²) in [6, 6.07) is 12.1. The Labute approximate surface area is 160 Å². The lowest BCUT2D eigenvalue weighted by molar-refractivity contribution is -0.383. The van der Waals surface area contributed by atoms with Crippen molar-refractivity contribution < 1.29 is 9.66 Å². The number of rotatable bonds is 5. The summed E-state index contributed by atoms with van der Waals surface area (Å²) in [5, 5.41) is 20.3. The summed E-state index contributed by atoms with van der Waals surface area (Å²) in [4.78, 5) is 23.6. The number of nitro groups is 1. The number of ether oxygens (including phenoxy) is 1. The van der Waals surface area contributed by atoms with E-state index in [1.165, 1.54) is 10.7 Å². The average Bonchev–Trinajstić information content (AvgIpc) is 3.23. The van der Waals surface area contributed by atoms with Crippen LogP contribution in [0.15, 0.2) is 47.3 Å². The zero-order valence-electron chi connectivity index (χ0n) is 15.4. The SMILES string of the molecule is Cn1nc(-c2ccc(NCC3CCCO3)c([N+](=O)[O-])c2)c2ccccc2c1=O. The molecule has 1 aromatic heterocycles. The van der Waals surface area contributed by atoms with Crippen molar-refractivity contribution in [2.24, 2.45) is 7.05 Å². The number of aromatic nitrogens is 2. The van der Waals surface area contributed by atoms with Gasteiger partial charge in [0.15, 0.2) is 0 Å². The molecule has 0 aliphatic carbocycles. The van der Waals surface area contributed by atoms with Gasteiger partial charge in [-0.15, -0.1) is 0 Å².